The zero-order valence-electron chi connectivity index (χ0n) is 9.52. The fraction of sp³-hybridized carbons (Fsp3) is 0.571. The Bertz CT molecular complexity index is 341. The Kier molecular flexibility index (Phi) is 2.70. The Balaban J connectivity index is 1.73. The average Bonchev–Trinajstić information content (AvgIpc) is 2.75. The first-order valence-corrected chi connectivity index (χ1v) is 6.25. The maximum Gasteiger partial charge on any atom is 0.169 e. The lowest BCUT2D eigenvalue weighted by molar-refractivity contribution is -0.246. The van der Waals surface area contributed by atoms with E-state index < -0.39 is 0 Å². The van der Waals surface area contributed by atoms with Gasteiger partial charge in [0.05, 0.1) is 12.7 Å². The summed E-state index contributed by atoms with van der Waals surface area (Å²) in [5, 5.41) is 0. The van der Waals surface area contributed by atoms with Gasteiger partial charge in [-0.05, 0) is 24.8 Å². The number of hydrogen-bond acceptors (Lipinski definition) is 2. The van der Waals surface area contributed by atoms with Crippen molar-refractivity contribution in [2.45, 2.75) is 44.0 Å². The van der Waals surface area contributed by atoms with E-state index in [-0.39, 0.29) is 11.9 Å². The first kappa shape index (κ1) is 10.3. The minimum Gasteiger partial charge on any atom is -0.350 e. The molecule has 0 amide bonds. The Morgan fingerprint density at radius 3 is 2.69 bits per heavy atom. The molecule has 0 N–H and O–H groups in total. The minimum absolute atomic E-state index is 0.235. The minimum atomic E-state index is -0.251. The van der Waals surface area contributed by atoms with Gasteiger partial charge in [-0.3, -0.25) is 0 Å². The largest absolute Gasteiger partial charge is 0.350 e. The summed E-state index contributed by atoms with van der Waals surface area (Å²) in [7, 11) is 0. The molecule has 16 heavy (non-hydrogen) atoms. The van der Waals surface area contributed by atoms with E-state index >= 15 is 0 Å². The molecule has 2 fully saturated rings. The molecule has 1 aromatic carbocycles. The summed E-state index contributed by atoms with van der Waals surface area (Å²) in [6, 6.07) is 10.5. The monoisotopic (exact) mass is 218 g/mol. The van der Waals surface area contributed by atoms with Crippen LogP contribution in [0.3, 0.4) is 0 Å². The van der Waals surface area contributed by atoms with Crippen molar-refractivity contribution in [2.75, 3.05) is 6.61 Å². The summed E-state index contributed by atoms with van der Waals surface area (Å²) in [6.07, 6.45) is 5.86. The van der Waals surface area contributed by atoms with Crippen molar-refractivity contribution in [2.24, 2.45) is 0 Å². The van der Waals surface area contributed by atoms with Crippen molar-refractivity contribution < 1.29 is 9.47 Å². The van der Waals surface area contributed by atoms with Crippen LogP contribution >= 0.6 is 0 Å². The summed E-state index contributed by atoms with van der Waals surface area (Å²) >= 11 is 0. The number of hydrogen-bond donors (Lipinski definition) is 0. The summed E-state index contributed by atoms with van der Waals surface area (Å²) in [6.45, 7) is 0.863. The fourth-order valence-electron chi connectivity index (χ4n) is 2.75. The van der Waals surface area contributed by atoms with Gasteiger partial charge in [-0.1, -0.05) is 30.3 Å². The molecule has 2 heterocycles. The zero-order chi connectivity index (χ0) is 10.8. The highest BCUT2D eigenvalue weighted by Crippen LogP contribution is 2.44. The van der Waals surface area contributed by atoms with Crippen molar-refractivity contribution >= 4 is 0 Å². The van der Waals surface area contributed by atoms with Crippen molar-refractivity contribution in [3.8, 4) is 0 Å². The van der Waals surface area contributed by atoms with Gasteiger partial charge in [0.1, 0.15) is 0 Å². The van der Waals surface area contributed by atoms with E-state index in [2.05, 4.69) is 24.3 Å². The average molecular weight is 218 g/mol. The van der Waals surface area contributed by atoms with Crippen LogP contribution in [-0.2, 0) is 9.47 Å². The summed E-state index contributed by atoms with van der Waals surface area (Å²) in [4.78, 5) is 0. The molecular weight excluding hydrogens is 200 g/mol. The van der Waals surface area contributed by atoms with Crippen molar-refractivity contribution in [3.63, 3.8) is 0 Å². The predicted octanol–water partition coefficient (Wildman–Crippen LogP) is 3.43. The van der Waals surface area contributed by atoms with Crippen LogP contribution in [0.25, 0.3) is 0 Å². The van der Waals surface area contributed by atoms with Crippen LogP contribution in [0.5, 0.6) is 0 Å². The molecule has 0 bridgehead atoms. The Morgan fingerprint density at radius 2 is 1.94 bits per heavy atom. The van der Waals surface area contributed by atoms with Gasteiger partial charge in [-0.2, -0.15) is 0 Å². The second-order valence-electron chi connectivity index (χ2n) is 4.77. The molecule has 2 unspecified atom stereocenters. The molecule has 2 atom stereocenters. The molecule has 2 aliphatic heterocycles. The van der Waals surface area contributed by atoms with Gasteiger partial charge in [0.25, 0.3) is 0 Å². The Morgan fingerprint density at radius 1 is 1.06 bits per heavy atom. The van der Waals surface area contributed by atoms with E-state index in [1.54, 1.807) is 0 Å². The van der Waals surface area contributed by atoms with Crippen LogP contribution in [0, 0.1) is 0 Å². The fourth-order valence-corrected chi connectivity index (χ4v) is 2.75. The highest BCUT2D eigenvalue weighted by molar-refractivity contribution is 5.18. The molecule has 1 spiro atoms. The van der Waals surface area contributed by atoms with Gasteiger partial charge >= 0.3 is 0 Å². The van der Waals surface area contributed by atoms with E-state index in [4.69, 9.17) is 9.47 Å². The molecule has 0 radical (unpaired) electrons. The molecular formula is C14H18O2. The quantitative estimate of drug-likeness (QED) is 0.719. The highest BCUT2D eigenvalue weighted by atomic mass is 16.7. The second-order valence-corrected chi connectivity index (χ2v) is 4.77. The van der Waals surface area contributed by atoms with Crippen molar-refractivity contribution in [3.05, 3.63) is 35.9 Å². The summed E-state index contributed by atoms with van der Waals surface area (Å²) in [5.41, 5.74) is 1.29. The molecule has 0 aromatic heterocycles. The smallest absolute Gasteiger partial charge is 0.169 e. The third-order valence-electron chi connectivity index (χ3n) is 3.63. The summed E-state index contributed by atoms with van der Waals surface area (Å²) in [5.74, 6) is -0.251. The SMILES string of the molecule is c1ccc(C2CCC3(CCCCO3)O2)cc1. The van der Waals surface area contributed by atoms with Crippen LogP contribution in [0.15, 0.2) is 30.3 Å². The predicted molar refractivity (Wildman–Crippen MR) is 62.0 cm³/mol. The van der Waals surface area contributed by atoms with Gasteiger partial charge in [-0.25, -0.2) is 0 Å². The Labute approximate surface area is 96.6 Å². The van der Waals surface area contributed by atoms with E-state index in [1.165, 1.54) is 18.4 Å². The first-order chi connectivity index (χ1) is 7.88. The second kappa shape index (κ2) is 4.19. The van der Waals surface area contributed by atoms with Crippen LogP contribution in [0.2, 0.25) is 0 Å². The normalized spacial score (nSPS) is 34.4. The molecule has 2 saturated heterocycles. The van der Waals surface area contributed by atoms with Crippen LogP contribution in [0.1, 0.15) is 43.8 Å². The first-order valence-electron chi connectivity index (χ1n) is 6.25. The molecule has 3 rings (SSSR count). The molecule has 1 aromatic rings. The third-order valence-corrected chi connectivity index (χ3v) is 3.63. The number of ether oxygens (including phenoxy) is 2. The van der Waals surface area contributed by atoms with Crippen LogP contribution in [-0.4, -0.2) is 12.4 Å². The molecule has 2 aliphatic rings. The third kappa shape index (κ3) is 1.87. The molecule has 0 saturated carbocycles. The van der Waals surface area contributed by atoms with E-state index in [0.29, 0.717) is 0 Å². The van der Waals surface area contributed by atoms with Crippen LogP contribution < -0.4 is 0 Å². The van der Waals surface area contributed by atoms with E-state index in [1.807, 2.05) is 6.07 Å². The van der Waals surface area contributed by atoms with Crippen molar-refractivity contribution in [1.82, 2.24) is 0 Å². The lowest BCUT2D eigenvalue weighted by atomic mass is 10.0. The van der Waals surface area contributed by atoms with Gasteiger partial charge < -0.3 is 9.47 Å². The maximum absolute atomic E-state index is 6.15. The number of rotatable bonds is 1. The zero-order valence-corrected chi connectivity index (χ0v) is 9.52. The van der Waals surface area contributed by atoms with Gasteiger partial charge in [0.15, 0.2) is 5.79 Å². The molecule has 86 valence electrons. The molecule has 0 aliphatic carbocycles. The maximum atomic E-state index is 6.15. The topological polar surface area (TPSA) is 18.5 Å². The standard InChI is InChI=1S/C14H18O2/c1-2-6-12(7-3-1)13-8-10-14(16-13)9-4-5-11-15-14/h1-3,6-7,13H,4-5,8-11H2. The van der Waals surface area contributed by atoms with Crippen LogP contribution in [0.4, 0.5) is 0 Å². The van der Waals surface area contributed by atoms with Gasteiger partial charge in [-0.15, -0.1) is 0 Å². The van der Waals surface area contributed by atoms with Gasteiger partial charge in [0, 0.05) is 12.8 Å². The number of benzene rings is 1. The summed E-state index contributed by atoms with van der Waals surface area (Å²) < 4.78 is 12.0. The lowest BCUT2D eigenvalue weighted by Gasteiger charge is -2.33. The Hall–Kier alpha value is -0.860. The molecule has 2 heteroatoms. The highest BCUT2D eigenvalue weighted by Gasteiger charge is 2.42. The van der Waals surface area contributed by atoms with E-state index in [0.717, 1.165) is 25.9 Å². The van der Waals surface area contributed by atoms with Gasteiger partial charge in [0.2, 0.25) is 0 Å². The lowest BCUT2D eigenvalue weighted by Crippen LogP contribution is -2.35. The molecule has 2 nitrogen and oxygen atoms in total. The van der Waals surface area contributed by atoms with E-state index in [9.17, 15) is 0 Å². The van der Waals surface area contributed by atoms with Crippen molar-refractivity contribution in [1.29, 1.82) is 0 Å².